The van der Waals surface area contributed by atoms with Crippen molar-refractivity contribution in [3.05, 3.63) is 0 Å². The van der Waals surface area contributed by atoms with Gasteiger partial charge in [-0.2, -0.15) is 8.42 Å². The van der Waals surface area contributed by atoms with Crippen LogP contribution in [0, 0.1) is 0 Å². The van der Waals surface area contributed by atoms with Crippen LogP contribution in [0.3, 0.4) is 0 Å². The van der Waals surface area contributed by atoms with Gasteiger partial charge in [-0.1, -0.05) is 43.1 Å². The Labute approximate surface area is 138 Å². The van der Waals surface area contributed by atoms with Crippen LogP contribution in [0.15, 0.2) is 0 Å². The van der Waals surface area contributed by atoms with Gasteiger partial charge in [-0.15, -0.1) is 0 Å². The molecular weight excluding hydrogens is 309 g/mol. The van der Waals surface area contributed by atoms with Crippen molar-refractivity contribution < 1.29 is 27.3 Å². The molecule has 106 valence electrons. The summed E-state index contributed by atoms with van der Waals surface area (Å²) in [5.74, 6) is 0. The fraction of sp³-hybridized carbons (Fsp3) is 1.00. The fourth-order valence-corrected chi connectivity index (χ4v) is 3.24. The van der Waals surface area contributed by atoms with Crippen molar-refractivity contribution in [2.24, 2.45) is 0 Å². The van der Waals surface area contributed by atoms with Crippen molar-refractivity contribution in [3.63, 3.8) is 0 Å². The zero-order valence-corrected chi connectivity index (χ0v) is 14.4. The van der Waals surface area contributed by atoms with Gasteiger partial charge in [0, 0.05) is 44.3 Å². The zero-order valence-electron chi connectivity index (χ0n) is 10.5. The van der Waals surface area contributed by atoms with E-state index in [2.05, 4.69) is 6.92 Å². The van der Waals surface area contributed by atoms with Crippen LogP contribution in [0.25, 0.3) is 0 Å². The van der Waals surface area contributed by atoms with Gasteiger partial charge in [0.15, 0.2) is 0 Å². The second-order valence-electron chi connectivity index (χ2n) is 3.80. The number of hydrogen-bond donors (Lipinski definition) is 3. The molecule has 0 atom stereocenters. The summed E-state index contributed by atoms with van der Waals surface area (Å²) < 4.78 is 40.8. The first-order valence-corrected chi connectivity index (χ1v) is 8.47. The fourth-order valence-electron chi connectivity index (χ4n) is 1.41. The third kappa shape index (κ3) is 10.1. The summed E-state index contributed by atoms with van der Waals surface area (Å²) in [5, 5.41) is 0. The van der Waals surface area contributed by atoms with Crippen LogP contribution in [-0.2, 0) is 14.9 Å². The van der Waals surface area contributed by atoms with Gasteiger partial charge in [0.1, 0.15) is 0 Å². The van der Waals surface area contributed by atoms with E-state index in [4.69, 9.17) is 14.3 Å². The number of unbranched alkanes of at least 4 members (excludes halogenated alkanes) is 5. The molecule has 0 fully saturated rings. The van der Waals surface area contributed by atoms with Crippen LogP contribution >= 0.6 is 7.75 Å². The Bertz CT molecular complexity index is 357. The molecule has 18 heavy (non-hydrogen) atoms. The largest absolute Gasteiger partial charge is 0.418 e. The Morgan fingerprint density at radius 3 is 1.89 bits per heavy atom. The zero-order chi connectivity index (χ0) is 13.5. The molecule has 2 radical (unpaired) electrons. The Morgan fingerprint density at radius 2 is 1.50 bits per heavy atom. The Morgan fingerprint density at radius 1 is 1.06 bits per heavy atom. The maximum absolute atomic E-state index is 10.8. The predicted molar refractivity (Wildman–Crippen MR) is 69.4 cm³/mol. The Balaban J connectivity index is 0. The summed E-state index contributed by atoms with van der Waals surface area (Å²) in [5.41, 5.74) is 0. The molecule has 0 aliphatic heterocycles. The van der Waals surface area contributed by atoms with Crippen LogP contribution in [0.5, 0.6) is 0 Å². The summed E-state index contributed by atoms with van der Waals surface area (Å²) in [6.07, 6.45) is 5.05. The molecule has 0 spiro atoms. The van der Waals surface area contributed by atoms with Crippen molar-refractivity contribution in [2.45, 2.75) is 45.4 Å². The first kappa shape index (κ1) is 21.6. The van der Waals surface area contributed by atoms with Crippen molar-refractivity contribution in [2.75, 3.05) is 6.54 Å². The quantitative estimate of drug-likeness (QED) is 0.253. The van der Waals surface area contributed by atoms with Gasteiger partial charge in [-0.05, 0) is 6.42 Å². The van der Waals surface area contributed by atoms with Crippen LogP contribution < -0.4 is 0 Å². The maximum Gasteiger partial charge on any atom is 0.418 e. The van der Waals surface area contributed by atoms with Crippen LogP contribution in [0.4, 0.5) is 0 Å². The molecular formula is C8H20CaNO6PS. The summed E-state index contributed by atoms with van der Waals surface area (Å²) in [7, 11) is -9.81. The molecule has 0 aromatic carbocycles. The molecule has 0 aromatic rings. The van der Waals surface area contributed by atoms with Gasteiger partial charge < -0.3 is 9.79 Å². The average molecular weight is 329 g/mol. The van der Waals surface area contributed by atoms with Crippen molar-refractivity contribution >= 4 is 55.8 Å². The van der Waals surface area contributed by atoms with Crippen molar-refractivity contribution in [1.29, 1.82) is 0 Å². The molecule has 0 aliphatic carbocycles. The minimum atomic E-state index is -4.96. The number of hydrogen-bond acceptors (Lipinski definition) is 3. The van der Waals surface area contributed by atoms with Crippen LogP contribution in [0.1, 0.15) is 45.4 Å². The second kappa shape index (κ2) is 10.1. The molecule has 0 unspecified atom stereocenters. The van der Waals surface area contributed by atoms with E-state index in [1.807, 2.05) is 0 Å². The van der Waals surface area contributed by atoms with E-state index < -0.39 is 18.1 Å². The minimum Gasteiger partial charge on any atom is -0.312 e. The molecule has 10 heteroatoms. The molecule has 0 heterocycles. The third-order valence-corrected chi connectivity index (χ3v) is 5.01. The molecule has 0 saturated carbocycles. The van der Waals surface area contributed by atoms with E-state index in [0.717, 1.165) is 25.7 Å². The van der Waals surface area contributed by atoms with E-state index >= 15 is 0 Å². The predicted octanol–water partition coefficient (Wildman–Crippen LogP) is 1.16. The normalized spacial score (nSPS) is 12.5. The van der Waals surface area contributed by atoms with Gasteiger partial charge in [0.25, 0.3) is 0 Å². The van der Waals surface area contributed by atoms with E-state index in [9.17, 15) is 13.0 Å². The van der Waals surface area contributed by atoms with Gasteiger partial charge in [-0.3, -0.25) is 4.55 Å². The average Bonchev–Trinajstić information content (AvgIpc) is 2.12. The van der Waals surface area contributed by atoms with Crippen molar-refractivity contribution in [1.82, 2.24) is 4.08 Å². The number of rotatable bonds is 9. The molecule has 0 aliphatic rings. The molecule has 7 nitrogen and oxygen atoms in total. The Kier molecular flexibility index (Phi) is 12.1. The van der Waals surface area contributed by atoms with Crippen LogP contribution in [0.2, 0.25) is 0 Å². The monoisotopic (exact) mass is 329 g/mol. The van der Waals surface area contributed by atoms with Gasteiger partial charge in [-0.25, -0.2) is 4.57 Å². The Hall–Kier alpha value is 1.28. The molecule has 3 N–H and O–H groups in total. The van der Waals surface area contributed by atoms with Gasteiger partial charge in [0.2, 0.25) is 0 Å². The molecule has 0 saturated heterocycles. The van der Waals surface area contributed by atoms with Gasteiger partial charge in [0.05, 0.1) is 0 Å². The topological polar surface area (TPSA) is 115 Å². The molecule has 0 amide bonds. The third-order valence-electron chi connectivity index (χ3n) is 2.26. The summed E-state index contributed by atoms with van der Waals surface area (Å²) >= 11 is 0. The van der Waals surface area contributed by atoms with Crippen LogP contribution in [-0.4, -0.2) is 71.1 Å². The molecule has 0 aromatic heterocycles. The SMILES string of the molecule is CCCCCCCCN(P(=O)(O)O)S(=O)(=O)O.[Ca]. The second-order valence-corrected chi connectivity index (χ2v) is 6.92. The summed E-state index contributed by atoms with van der Waals surface area (Å²) in [6, 6.07) is 0. The summed E-state index contributed by atoms with van der Waals surface area (Å²) in [6.45, 7) is 1.70. The van der Waals surface area contributed by atoms with E-state index in [-0.39, 0.29) is 48.4 Å². The van der Waals surface area contributed by atoms with E-state index in [1.54, 1.807) is 0 Å². The van der Waals surface area contributed by atoms with E-state index in [1.165, 1.54) is 0 Å². The standard InChI is InChI=1S/C8H20NO6PS.Ca/c1-2-3-4-5-6-7-8-9(16(10,11)12)17(13,14)15;/h2-8H2,1H3,(H2,10,11,12)(H,13,14,15);. The summed E-state index contributed by atoms with van der Waals surface area (Å²) in [4.78, 5) is 17.5. The molecule has 0 bridgehead atoms. The first-order chi connectivity index (χ1) is 7.69. The van der Waals surface area contributed by atoms with Gasteiger partial charge >= 0.3 is 18.1 Å². The first-order valence-electron chi connectivity index (χ1n) is 5.50. The van der Waals surface area contributed by atoms with Crippen molar-refractivity contribution in [3.8, 4) is 0 Å². The minimum absolute atomic E-state index is 0. The molecule has 0 rings (SSSR count). The smallest absolute Gasteiger partial charge is 0.312 e. The number of nitrogens with zero attached hydrogens (tertiary/aromatic N) is 1. The maximum atomic E-state index is 10.8. The van der Waals surface area contributed by atoms with E-state index in [0.29, 0.717) is 12.8 Å².